The summed E-state index contributed by atoms with van der Waals surface area (Å²) in [6, 6.07) is 65.5. The molecule has 0 radical (unpaired) electrons. The van der Waals surface area contributed by atoms with E-state index in [-0.39, 0.29) is 12.1 Å². The molecule has 0 bridgehead atoms. The Labute approximate surface area is 334 Å². The molecule has 0 saturated carbocycles. The summed E-state index contributed by atoms with van der Waals surface area (Å²) >= 11 is 0. The first-order valence-corrected chi connectivity index (χ1v) is 19.9. The van der Waals surface area contributed by atoms with E-state index in [1.54, 1.807) is 0 Å². The third kappa shape index (κ3) is 6.89. The number of fused-ring (bicyclic) bond motifs is 3. The van der Waals surface area contributed by atoms with E-state index in [4.69, 9.17) is 4.42 Å². The third-order valence-corrected chi connectivity index (χ3v) is 11.3. The van der Waals surface area contributed by atoms with E-state index < -0.39 is 0 Å². The molecule has 0 saturated heterocycles. The summed E-state index contributed by atoms with van der Waals surface area (Å²) in [6.45, 7) is 0. The Morgan fingerprint density at radius 2 is 1.00 bits per heavy atom. The van der Waals surface area contributed by atoms with Crippen molar-refractivity contribution >= 4 is 44.6 Å². The largest absolute Gasteiger partial charge is 0.456 e. The van der Waals surface area contributed by atoms with Gasteiger partial charge in [-0.15, -0.1) is 0 Å². The van der Waals surface area contributed by atoms with Crippen molar-refractivity contribution in [2.75, 3.05) is 9.80 Å². The molecule has 2 atom stereocenters. The van der Waals surface area contributed by atoms with Crippen LogP contribution in [-0.4, -0.2) is 12.1 Å². The lowest BCUT2D eigenvalue weighted by molar-refractivity contribution is 0.604. The van der Waals surface area contributed by atoms with E-state index in [0.29, 0.717) is 0 Å². The third-order valence-electron chi connectivity index (χ3n) is 11.3. The highest BCUT2D eigenvalue weighted by Crippen LogP contribution is 2.41. The first-order chi connectivity index (χ1) is 28.2. The molecule has 3 nitrogen and oxygen atoms in total. The Kier molecular flexibility index (Phi) is 9.18. The van der Waals surface area contributed by atoms with Crippen molar-refractivity contribution < 1.29 is 4.42 Å². The monoisotopic (exact) mass is 734 g/mol. The molecule has 57 heavy (non-hydrogen) atoms. The minimum absolute atomic E-state index is 0.0922. The van der Waals surface area contributed by atoms with Crippen molar-refractivity contribution in [2.45, 2.75) is 24.9 Å². The Balaban J connectivity index is 1.10. The van der Waals surface area contributed by atoms with Gasteiger partial charge in [-0.05, 0) is 113 Å². The number of para-hydroxylation sites is 3. The van der Waals surface area contributed by atoms with Crippen LogP contribution in [-0.2, 0) is 0 Å². The zero-order chi connectivity index (χ0) is 38.0. The lowest BCUT2D eigenvalue weighted by Crippen LogP contribution is -2.44. The van der Waals surface area contributed by atoms with Crippen molar-refractivity contribution in [3.8, 4) is 22.3 Å². The van der Waals surface area contributed by atoms with Crippen LogP contribution in [0.1, 0.15) is 18.4 Å². The summed E-state index contributed by atoms with van der Waals surface area (Å²) in [6.07, 6.45) is 15.7. The quantitative estimate of drug-likeness (QED) is 0.147. The molecule has 2 aliphatic rings. The molecule has 0 fully saturated rings. The van der Waals surface area contributed by atoms with Crippen LogP contribution in [0, 0.1) is 0 Å². The minimum atomic E-state index is 0.0922. The Morgan fingerprint density at radius 3 is 1.61 bits per heavy atom. The zero-order valence-corrected chi connectivity index (χ0v) is 31.7. The van der Waals surface area contributed by atoms with Crippen molar-refractivity contribution in [1.29, 1.82) is 0 Å². The van der Waals surface area contributed by atoms with Crippen LogP contribution in [0.2, 0.25) is 0 Å². The predicted octanol–water partition coefficient (Wildman–Crippen LogP) is 14.2. The number of hydrogen-bond acceptors (Lipinski definition) is 3. The number of anilines is 3. The molecular weight excluding hydrogens is 693 g/mol. The van der Waals surface area contributed by atoms with Gasteiger partial charge in [-0.1, -0.05) is 146 Å². The molecule has 10 rings (SSSR count). The van der Waals surface area contributed by atoms with Crippen molar-refractivity contribution in [1.82, 2.24) is 0 Å². The van der Waals surface area contributed by atoms with Crippen LogP contribution in [0.5, 0.6) is 0 Å². The van der Waals surface area contributed by atoms with Gasteiger partial charge in [0.2, 0.25) is 0 Å². The van der Waals surface area contributed by atoms with Crippen molar-refractivity contribution in [3.63, 3.8) is 0 Å². The van der Waals surface area contributed by atoms with E-state index in [9.17, 15) is 0 Å². The first kappa shape index (κ1) is 34.4. The van der Waals surface area contributed by atoms with Crippen LogP contribution in [0.3, 0.4) is 0 Å². The second-order valence-electron chi connectivity index (χ2n) is 14.9. The highest BCUT2D eigenvalue weighted by molar-refractivity contribution is 6.07. The van der Waals surface area contributed by atoms with E-state index in [2.05, 4.69) is 228 Å². The Bertz CT molecular complexity index is 2760. The summed E-state index contributed by atoms with van der Waals surface area (Å²) in [4.78, 5) is 5.05. The summed E-state index contributed by atoms with van der Waals surface area (Å²) < 4.78 is 6.35. The van der Waals surface area contributed by atoms with E-state index in [0.717, 1.165) is 51.7 Å². The molecule has 8 aromatic rings. The first-order valence-electron chi connectivity index (χ1n) is 19.9. The smallest absolute Gasteiger partial charge is 0.135 e. The van der Waals surface area contributed by atoms with Gasteiger partial charge in [-0.2, -0.15) is 0 Å². The minimum Gasteiger partial charge on any atom is -0.456 e. The van der Waals surface area contributed by atoms with Gasteiger partial charge in [0.25, 0.3) is 0 Å². The lowest BCUT2D eigenvalue weighted by atomic mass is 9.89. The van der Waals surface area contributed by atoms with E-state index >= 15 is 0 Å². The fourth-order valence-electron chi connectivity index (χ4n) is 8.56. The van der Waals surface area contributed by atoms with Crippen LogP contribution in [0.4, 0.5) is 17.1 Å². The molecule has 1 aromatic heterocycles. The number of hydrogen-bond donors (Lipinski definition) is 0. The number of nitrogens with zero attached hydrogens (tertiary/aromatic N) is 2. The topological polar surface area (TPSA) is 19.6 Å². The highest BCUT2D eigenvalue weighted by atomic mass is 16.3. The van der Waals surface area contributed by atoms with Gasteiger partial charge in [-0.3, -0.25) is 0 Å². The van der Waals surface area contributed by atoms with Gasteiger partial charge in [0, 0.05) is 40.0 Å². The van der Waals surface area contributed by atoms with Crippen LogP contribution < -0.4 is 9.80 Å². The molecule has 1 heterocycles. The molecule has 0 N–H and O–H groups in total. The Hall–Kier alpha value is -7.10. The summed E-state index contributed by atoms with van der Waals surface area (Å²) in [5.74, 6) is 0. The van der Waals surface area contributed by atoms with E-state index in [1.807, 2.05) is 0 Å². The van der Waals surface area contributed by atoms with Crippen molar-refractivity contribution in [3.05, 3.63) is 230 Å². The number of benzene rings is 7. The van der Waals surface area contributed by atoms with Gasteiger partial charge in [-0.25, -0.2) is 0 Å². The molecule has 3 heteroatoms. The zero-order valence-electron chi connectivity index (χ0n) is 31.7. The lowest BCUT2D eigenvalue weighted by Gasteiger charge is -2.42. The summed E-state index contributed by atoms with van der Waals surface area (Å²) in [7, 11) is 0. The van der Waals surface area contributed by atoms with Gasteiger partial charge in [0.1, 0.15) is 11.2 Å². The van der Waals surface area contributed by atoms with Crippen molar-refractivity contribution in [2.24, 2.45) is 0 Å². The average Bonchev–Trinajstić information content (AvgIpc) is 3.66. The van der Waals surface area contributed by atoms with Gasteiger partial charge in [0.15, 0.2) is 0 Å². The highest BCUT2D eigenvalue weighted by Gasteiger charge is 2.30. The van der Waals surface area contributed by atoms with Crippen LogP contribution >= 0.6 is 0 Å². The van der Waals surface area contributed by atoms with E-state index in [1.165, 1.54) is 39.2 Å². The molecule has 2 unspecified atom stereocenters. The maximum absolute atomic E-state index is 6.35. The SMILES string of the molecule is C1=CCC(N(c2ccccc2)C2C=C(c3cccc(-c4ccc5oc6ccc(-c7ccccc7)cc6c5c4)c3)C=C(N(c3ccccc3)c3ccccc3)C2)C=C1. The molecule has 0 amide bonds. The molecule has 0 spiro atoms. The average molecular weight is 735 g/mol. The Morgan fingerprint density at radius 1 is 0.456 bits per heavy atom. The van der Waals surface area contributed by atoms with Gasteiger partial charge < -0.3 is 14.2 Å². The standard InChI is InChI=1S/C54H42N2O/c1-6-17-39(18-7-1)42-29-31-53-51(36-42)52-37-43(30-32-54(52)57-53)40-19-16-20-41(33-40)44-34-49(55(45-21-8-2-9-22-45)46-23-10-3-11-24-46)38-50(35-44)56(47-25-12-4-13-26-47)48-27-14-5-15-28-48/h1-27,29-37,48,50H,28,38H2. The second-order valence-corrected chi connectivity index (χ2v) is 14.9. The van der Waals surface area contributed by atoms with Gasteiger partial charge >= 0.3 is 0 Å². The van der Waals surface area contributed by atoms with Gasteiger partial charge in [0.05, 0.1) is 12.1 Å². The number of furan rings is 1. The maximum Gasteiger partial charge on any atom is 0.135 e. The van der Waals surface area contributed by atoms with Crippen LogP contribution in [0.25, 0.3) is 49.8 Å². The molecular formula is C54H42N2O. The number of allylic oxidation sites excluding steroid dienone is 4. The fourth-order valence-corrected chi connectivity index (χ4v) is 8.56. The number of rotatable bonds is 9. The maximum atomic E-state index is 6.35. The fraction of sp³-hybridized carbons (Fsp3) is 0.0741. The summed E-state index contributed by atoms with van der Waals surface area (Å²) in [5.41, 5.74) is 13.7. The normalized spacial score (nSPS) is 16.4. The molecule has 274 valence electrons. The predicted molar refractivity (Wildman–Crippen MR) is 240 cm³/mol. The molecule has 0 aliphatic heterocycles. The molecule has 2 aliphatic carbocycles. The summed E-state index contributed by atoms with van der Waals surface area (Å²) in [5, 5.41) is 2.25. The second kappa shape index (κ2) is 15.2. The molecule has 7 aromatic carbocycles. The van der Waals surface area contributed by atoms with Crippen LogP contribution in [0.15, 0.2) is 229 Å².